The summed E-state index contributed by atoms with van der Waals surface area (Å²) in [5, 5.41) is 12.2. The van der Waals surface area contributed by atoms with E-state index in [0.29, 0.717) is 26.7 Å². The number of thioether (sulfide) groups is 1. The average molecular weight is 394 g/mol. The third-order valence-electron chi connectivity index (χ3n) is 3.18. The molecule has 0 unspecified atom stereocenters. The third kappa shape index (κ3) is 4.45. The Bertz CT molecular complexity index is 881. The summed E-state index contributed by atoms with van der Waals surface area (Å²) in [7, 11) is 0. The van der Waals surface area contributed by atoms with E-state index in [9.17, 15) is 4.79 Å². The lowest BCUT2D eigenvalue weighted by Crippen LogP contribution is -2.16. The third-order valence-corrected chi connectivity index (χ3v) is 4.55. The molecule has 0 saturated carbocycles. The number of carbonyl (C=O) groups is 1. The fourth-order valence-corrected chi connectivity index (χ4v) is 3.30. The predicted octanol–water partition coefficient (Wildman–Crippen LogP) is 3.70. The zero-order chi connectivity index (χ0) is 17.8. The van der Waals surface area contributed by atoms with Gasteiger partial charge in [-0.15, -0.1) is 10.2 Å². The molecule has 0 aliphatic rings. The minimum absolute atomic E-state index is 0.119. The molecule has 25 heavy (non-hydrogen) atoms. The molecule has 0 atom stereocenters. The lowest BCUT2D eigenvalue weighted by atomic mass is 10.2. The zero-order valence-corrected chi connectivity index (χ0v) is 15.1. The van der Waals surface area contributed by atoms with E-state index in [4.69, 9.17) is 29.0 Å². The molecule has 1 amide bonds. The Balaban J connectivity index is 1.64. The van der Waals surface area contributed by atoms with Crippen molar-refractivity contribution in [3.05, 3.63) is 58.6 Å². The quantitative estimate of drug-likeness (QED) is 0.509. The maximum Gasteiger partial charge on any atom is 0.234 e. The first-order chi connectivity index (χ1) is 12.0. The molecule has 3 N–H and O–H groups in total. The molecule has 0 fully saturated rings. The fraction of sp³-hybridized carbons (Fsp3) is 0.0625. The summed E-state index contributed by atoms with van der Waals surface area (Å²) in [6.07, 6.45) is 0. The van der Waals surface area contributed by atoms with E-state index in [0.717, 1.165) is 5.56 Å². The van der Waals surface area contributed by atoms with Gasteiger partial charge in [-0.05, 0) is 18.2 Å². The molecule has 9 heteroatoms. The van der Waals surface area contributed by atoms with Crippen LogP contribution >= 0.6 is 35.0 Å². The van der Waals surface area contributed by atoms with E-state index in [-0.39, 0.29) is 11.7 Å². The first-order valence-corrected chi connectivity index (χ1v) is 8.92. The van der Waals surface area contributed by atoms with Crippen molar-refractivity contribution in [2.45, 2.75) is 5.16 Å². The molecule has 0 radical (unpaired) electrons. The van der Waals surface area contributed by atoms with Crippen molar-refractivity contribution >= 4 is 46.6 Å². The Morgan fingerprint density at radius 3 is 2.48 bits per heavy atom. The van der Waals surface area contributed by atoms with Gasteiger partial charge in [-0.3, -0.25) is 4.79 Å². The molecular weight excluding hydrogens is 381 g/mol. The van der Waals surface area contributed by atoms with Crippen molar-refractivity contribution in [3.8, 4) is 11.4 Å². The molecule has 1 heterocycles. The highest BCUT2D eigenvalue weighted by atomic mass is 35.5. The van der Waals surface area contributed by atoms with Crippen LogP contribution in [0, 0.1) is 0 Å². The first-order valence-electron chi connectivity index (χ1n) is 7.17. The van der Waals surface area contributed by atoms with Gasteiger partial charge in [-0.2, -0.15) is 0 Å². The summed E-state index contributed by atoms with van der Waals surface area (Å²) in [6.45, 7) is 0. The molecule has 0 spiro atoms. The van der Waals surface area contributed by atoms with E-state index in [1.165, 1.54) is 16.4 Å². The minimum atomic E-state index is -0.229. The molecule has 0 aliphatic heterocycles. The highest BCUT2D eigenvalue weighted by Gasteiger charge is 2.13. The number of halogens is 2. The van der Waals surface area contributed by atoms with Crippen LogP contribution in [0.4, 0.5) is 5.69 Å². The Morgan fingerprint density at radius 1 is 1.12 bits per heavy atom. The molecule has 6 nitrogen and oxygen atoms in total. The first kappa shape index (κ1) is 17.6. The zero-order valence-electron chi connectivity index (χ0n) is 12.8. The van der Waals surface area contributed by atoms with Crippen molar-refractivity contribution in [2.75, 3.05) is 16.9 Å². The number of nitrogens with two attached hydrogens (primary N) is 1. The lowest BCUT2D eigenvalue weighted by Gasteiger charge is -2.06. The van der Waals surface area contributed by atoms with Gasteiger partial charge in [0.05, 0.1) is 5.75 Å². The highest BCUT2D eigenvalue weighted by molar-refractivity contribution is 7.99. The minimum Gasteiger partial charge on any atom is -0.335 e. The van der Waals surface area contributed by atoms with E-state index in [1.54, 1.807) is 18.2 Å². The fourth-order valence-electron chi connectivity index (χ4n) is 2.11. The van der Waals surface area contributed by atoms with E-state index in [2.05, 4.69) is 15.5 Å². The van der Waals surface area contributed by atoms with Crippen LogP contribution in [0.5, 0.6) is 0 Å². The summed E-state index contributed by atoms with van der Waals surface area (Å²) >= 11 is 13.0. The Hall–Kier alpha value is -2.22. The largest absolute Gasteiger partial charge is 0.335 e. The molecular formula is C16H13Cl2N5OS. The standard InChI is InChI=1S/C16H13Cl2N5OS/c17-11-6-12(18)8-13(7-11)20-14(24)9-25-16-22-21-15(23(16)19)10-4-2-1-3-5-10/h1-8H,9,19H2,(H,20,24). The topological polar surface area (TPSA) is 85.8 Å². The number of nitrogen functional groups attached to an aromatic ring is 1. The predicted molar refractivity (Wildman–Crippen MR) is 101 cm³/mol. The second-order valence-electron chi connectivity index (χ2n) is 5.04. The van der Waals surface area contributed by atoms with Gasteiger partial charge in [0.1, 0.15) is 0 Å². The van der Waals surface area contributed by atoms with E-state index < -0.39 is 0 Å². The number of rotatable bonds is 5. The maximum absolute atomic E-state index is 12.1. The normalized spacial score (nSPS) is 10.6. The van der Waals surface area contributed by atoms with Gasteiger partial charge in [0.15, 0.2) is 5.82 Å². The molecule has 128 valence electrons. The van der Waals surface area contributed by atoms with Crippen LogP contribution in [0.3, 0.4) is 0 Å². The SMILES string of the molecule is Nn1c(SCC(=O)Nc2cc(Cl)cc(Cl)c2)nnc1-c1ccccc1. The summed E-state index contributed by atoms with van der Waals surface area (Å²) in [5.74, 6) is 6.44. The number of anilines is 1. The number of benzene rings is 2. The number of aromatic nitrogens is 3. The Kier molecular flexibility index (Phi) is 5.47. The van der Waals surface area contributed by atoms with Crippen LogP contribution in [0.2, 0.25) is 10.0 Å². The summed E-state index contributed by atoms with van der Waals surface area (Å²) in [4.78, 5) is 12.1. The number of nitrogens with one attached hydrogen (secondary N) is 1. The lowest BCUT2D eigenvalue weighted by molar-refractivity contribution is -0.113. The van der Waals surface area contributed by atoms with Crippen molar-refractivity contribution in [2.24, 2.45) is 0 Å². The molecule has 0 bridgehead atoms. The van der Waals surface area contributed by atoms with Crippen LogP contribution in [0.1, 0.15) is 0 Å². The monoisotopic (exact) mass is 393 g/mol. The van der Waals surface area contributed by atoms with Gasteiger partial charge >= 0.3 is 0 Å². The van der Waals surface area contributed by atoms with Gasteiger partial charge in [0.2, 0.25) is 11.1 Å². The maximum atomic E-state index is 12.1. The van der Waals surface area contributed by atoms with Crippen LogP contribution in [0.15, 0.2) is 53.7 Å². The van der Waals surface area contributed by atoms with Crippen molar-refractivity contribution < 1.29 is 4.79 Å². The second-order valence-corrected chi connectivity index (χ2v) is 6.85. The van der Waals surface area contributed by atoms with Crippen LogP contribution < -0.4 is 11.2 Å². The Morgan fingerprint density at radius 2 is 1.80 bits per heavy atom. The number of amides is 1. The summed E-state index contributed by atoms with van der Waals surface area (Å²) in [6, 6.07) is 14.3. The van der Waals surface area contributed by atoms with Crippen LogP contribution in [0.25, 0.3) is 11.4 Å². The number of nitrogens with zero attached hydrogens (tertiary/aromatic N) is 3. The van der Waals surface area contributed by atoms with Gasteiger partial charge in [0.25, 0.3) is 0 Å². The molecule has 3 rings (SSSR count). The molecule has 0 saturated heterocycles. The van der Waals surface area contributed by atoms with Gasteiger partial charge in [0, 0.05) is 21.3 Å². The van der Waals surface area contributed by atoms with Crippen LogP contribution in [-0.2, 0) is 4.79 Å². The van der Waals surface area contributed by atoms with Gasteiger partial charge in [-0.1, -0.05) is 65.3 Å². The van der Waals surface area contributed by atoms with Crippen molar-refractivity contribution in [3.63, 3.8) is 0 Å². The van der Waals surface area contributed by atoms with E-state index in [1.807, 2.05) is 30.3 Å². The molecule has 3 aromatic rings. The van der Waals surface area contributed by atoms with Crippen molar-refractivity contribution in [1.29, 1.82) is 0 Å². The molecule has 1 aromatic heterocycles. The smallest absolute Gasteiger partial charge is 0.234 e. The number of carbonyl (C=O) groups excluding carboxylic acids is 1. The summed E-state index contributed by atoms with van der Waals surface area (Å²) < 4.78 is 1.36. The van der Waals surface area contributed by atoms with Crippen LogP contribution in [-0.4, -0.2) is 26.5 Å². The van der Waals surface area contributed by atoms with Crippen molar-refractivity contribution in [1.82, 2.24) is 14.9 Å². The summed E-state index contributed by atoms with van der Waals surface area (Å²) in [5.41, 5.74) is 1.38. The Labute approximate surface area is 158 Å². The number of hydrogen-bond acceptors (Lipinski definition) is 5. The molecule has 2 aromatic carbocycles. The number of hydrogen-bond donors (Lipinski definition) is 2. The second kappa shape index (κ2) is 7.77. The molecule has 0 aliphatic carbocycles. The van der Waals surface area contributed by atoms with Gasteiger partial charge in [-0.25, -0.2) is 4.68 Å². The highest BCUT2D eigenvalue weighted by Crippen LogP contribution is 2.24. The van der Waals surface area contributed by atoms with E-state index >= 15 is 0 Å². The van der Waals surface area contributed by atoms with Gasteiger partial charge < -0.3 is 11.2 Å². The average Bonchev–Trinajstić information content (AvgIpc) is 2.93.